The van der Waals surface area contributed by atoms with Crippen LogP contribution in [0.1, 0.15) is 57.9 Å². The molecule has 0 aromatic heterocycles. The number of amides is 2. The minimum atomic E-state index is -4.55. The van der Waals surface area contributed by atoms with Crippen LogP contribution in [-0.2, 0) is 35.7 Å². The number of rotatable bonds is 4. The average molecular weight is 441 g/mol. The molecule has 2 N–H and O–H groups in total. The van der Waals surface area contributed by atoms with E-state index in [4.69, 9.17) is 0 Å². The lowest BCUT2D eigenvalue weighted by atomic mass is 9.93. The fourth-order valence-electron chi connectivity index (χ4n) is 4.49. The molecule has 0 heterocycles. The van der Waals surface area contributed by atoms with E-state index >= 15 is 0 Å². The van der Waals surface area contributed by atoms with Crippen LogP contribution in [-0.4, -0.2) is 20.2 Å². The summed E-state index contributed by atoms with van der Waals surface area (Å²) >= 11 is 0. The Kier molecular flexibility index (Phi) is 5.27. The summed E-state index contributed by atoms with van der Waals surface area (Å²) in [5, 5.41) is 12.3. The van der Waals surface area contributed by atoms with Gasteiger partial charge in [0.05, 0.1) is 11.6 Å². The largest absolute Gasteiger partial charge is 0.333 e. The standard InChI is InChI=1S/C22H20FN3O4S/c1-12(27)13-8-9-19(23)20(10-13)31(29,30)26-22(28)25-21-16-6-2-4-14(16)18(11-24)15-5-3-7-17(15)21/h8-10H,2-7H2,1H3,(H2,25,26,28). The van der Waals surface area contributed by atoms with E-state index in [2.05, 4.69) is 11.4 Å². The van der Waals surface area contributed by atoms with Gasteiger partial charge in [-0.2, -0.15) is 5.26 Å². The molecule has 0 radical (unpaired) electrons. The third kappa shape index (κ3) is 3.68. The van der Waals surface area contributed by atoms with Crippen molar-refractivity contribution in [3.63, 3.8) is 0 Å². The van der Waals surface area contributed by atoms with E-state index in [0.717, 1.165) is 60.1 Å². The van der Waals surface area contributed by atoms with Crippen LogP contribution in [0.4, 0.5) is 14.9 Å². The number of anilines is 1. The molecule has 31 heavy (non-hydrogen) atoms. The summed E-state index contributed by atoms with van der Waals surface area (Å²) in [5.41, 5.74) is 4.84. The van der Waals surface area contributed by atoms with Crippen molar-refractivity contribution in [2.45, 2.75) is 50.3 Å². The van der Waals surface area contributed by atoms with Gasteiger partial charge in [-0.15, -0.1) is 0 Å². The van der Waals surface area contributed by atoms with Gasteiger partial charge in [-0.1, -0.05) is 0 Å². The second kappa shape index (κ2) is 7.78. The molecule has 0 spiro atoms. The smallest absolute Gasteiger partial charge is 0.307 e. The minimum Gasteiger partial charge on any atom is -0.307 e. The second-order valence-electron chi connectivity index (χ2n) is 7.74. The summed E-state index contributed by atoms with van der Waals surface area (Å²) in [6.07, 6.45) is 4.56. The van der Waals surface area contributed by atoms with Gasteiger partial charge in [-0.25, -0.2) is 22.3 Å². The summed E-state index contributed by atoms with van der Waals surface area (Å²) in [5.74, 6) is -1.49. The second-order valence-corrected chi connectivity index (χ2v) is 9.39. The van der Waals surface area contributed by atoms with Crippen molar-refractivity contribution in [1.29, 1.82) is 5.26 Å². The van der Waals surface area contributed by atoms with Crippen LogP contribution in [0.2, 0.25) is 0 Å². The minimum absolute atomic E-state index is 0.0184. The first-order chi connectivity index (χ1) is 14.7. The molecule has 160 valence electrons. The summed E-state index contributed by atoms with van der Waals surface area (Å²) in [4.78, 5) is 23.4. The van der Waals surface area contributed by atoms with E-state index < -0.39 is 32.6 Å². The molecule has 0 bridgehead atoms. The molecular formula is C22H20FN3O4S. The first-order valence-electron chi connectivity index (χ1n) is 9.96. The number of benzene rings is 2. The lowest BCUT2D eigenvalue weighted by molar-refractivity contribution is 0.101. The normalized spacial score (nSPS) is 14.5. The zero-order valence-electron chi connectivity index (χ0n) is 16.8. The molecular weight excluding hydrogens is 421 g/mol. The topological polar surface area (TPSA) is 116 Å². The highest BCUT2D eigenvalue weighted by Crippen LogP contribution is 2.41. The summed E-state index contributed by atoms with van der Waals surface area (Å²) in [6, 6.07) is 4.25. The molecule has 0 aliphatic heterocycles. The number of halogens is 1. The van der Waals surface area contributed by atoms with Crippen molar-refractivity contribution in [2.75, 3.05) is 5.32 Å². The quantitative estimate of drug-likeness (QED) is 0.706. The molecule has 2 aromatic rings. The number of urea groups is 1. The van der Waals surface area contributed by atoms with E-state index in [0.29, 0.717) is 24.1 Å². The molecule has 0 saturated heterocycles. The van der Waals surface area contributed by atoms with Crippen LogP contribution in [0.25, 0.3) is 0 Å². The van der Waals surface area contributed by atoms with Crippen LogP contribution in [0.5, 0.6) is 0 Å². The zero-order chi connectivity index (χ0) is 22.3. The fourth-order valence-corrected chi connectivity index (χ4v) is 5.50. The molecule has 9 heteroatoms. The van der Waals surface area contributed by atoms with Crippen LogP contribution in [0, 0.1) is 17.1 Å². The first kappa shape index (κ1) is 21.0. The van der Waals surface area contributed by atoms with Crippen molar-refractivity contribution < 1.29 is 22.4 Å². The monoisotopic (exact) mass is 441 g/mol. The Bertz CT molecular complexity index is 1240. The van der Waals surface area contributed by atoms with Crippen LogP contribution in [0.3, 0.4) is 0 Å². The number of hydrogen-bond acceptors (Lipinski definition) is 5. The van der Waals surface area contributed by atoms with Gasteiger partial charge in [0.2, 0.25) is 0 Å². The molecule has 2 amide bonds. The van der Waals surface area contributed by atoms with Crippen LogP contribution < -0.4 is 10.0 Å². The van der Waals surface area contributed by atoms with Crippen LogP contribution in [0.15, 0.2) is 23.1 Å². The third-order valence-corrected chi connectivity index (χ3v) is 7.19. The Hall–Kier alpha value is -3.25. The highest BCUT2D eigenvalue weighted by Gasteiger charge is 2.30. The number of fused-ring (bicyclic) bond motifs is 2. The van der Waals surface area contributed by atoms with Gasteiger partial charge in [0.1, 0.15) is 10.7 Å². The van der Waals surface area contributed by atoms with E-state index in [1.54, 1.807) is 0 Å². The molecule has 0 saturated carbocycles. The molecule has 0 unspecified atom stereocenters. The Morgan fingerprint density at radius 2 is 1.61 bits per heavy atom. The van der Waals surface area contributed by atoms with E-state index in [1.165, 1.54) is 13.0 Å². The predicted octanol–water partition coefficient (Wildman–Crippen LogP) is 3.39. The van der Waals surface area contributed by atoms with Crippen molar-refractivity contribution in [3.8, 4) is 6.07 Å². The van der Waals surface area contributed by atoms with Gasteiger partial charge in [0, 0.05) is 11.3 Å². The van der Waals surface area contributed by atoms with Gasteiger partial charge in [0.15, 0.2) is 5.78 Å². The number of sulfonamides is 1. The predicted molar refractivity (Wildman–Crippen MR) is 111 cm³/mol. The lowest BCUT2D eigenvalue weighted by Crippen LogP contribution is -2.35. The van der Waals surface area contributed by atoms with Gasteiger partial charge in [0.25, 0.3) is 10.0 Å². The summed E-state index contributed by atoms with van der Waals surface area (Å²) in [6.45, 7) is 1.23. The number of Topliss-reactive ketones (excluding diaryl/α,β-unsaturated/α-hetero) is 1. The first-order valence-corrected chi connectivity index (χ1v) is 11.4. The Morgan fingerprint density at radius 1 is 1.03 bits per heavy atom. The fraction of sp³-hybridized carbons (Fsp3) is 0.318. The van der Waals surface area contributed by atoms with E-state index in [-0.39, 0.29) is 5.56 Å². The van der Waals surface area contributed by atoms with E-state index in [1.807, 2.05) is 4.72 Å². The van der Waals surface area contributed by atoms with Crippen molar-refractivity contribution in [2.24, 2.45) is 0 Å². The van der Waals surface area contributed by atoms with Gasteiger partial charge in [-0.05, 0) is 85.9 Å². The summed E-state index contributed by atoms with van der Waals surface area (Å²) < 4.78 is 41.3. The van der Waals surface area contributed by atoms with Gasteiger partial charge >= 0.3 is 6.03 Å². The maximum absolute atomic E-state index is 14.2. The Labute approximate surface area is 179 Å². The molecule has 2 aromatic carbocycles. The number of nitriles is 1. The maximum atomic E-state index is 14.2. The van der Waals surface area contributed by atoms with Crippen LogP contribution >= 0.6 is 0 Å². The molecule has 2 aliphatic carbocycles. The summed E-state index contributed by atoms with van der Waals surface area (Å²) in [7, 11) is -4.55. The van der Waals surface area contributed by atoms with Gasteiger partial charge < -0.3 is 5.32 Å². The number of hydrogen-bond donors (Lipinski definition) is 2. The number of ketones is 1. The molecule has 2 aliphatic rings. The number of nitrogens with one attached hydrogen (secondary N) is 2. The number of nitrogens with zero attached hydrogens (tertiary/aromatic N) is 1. The Balaban J connectivity index is 1.66. The zero-order valence-corrected chi connectivity index (χ0v) is 17.7. The van der Waals surface area contributed by atoms with Crippen molar-refractivity contribution >= 4 is 27.5 Å². The molecule has 4 rings (SSSR count). The molecule has 7 nitrogen and oxygen atoms in total. The highest BCUT2D eigenvalue weighted by atomic mass is 32.2. The SMILES string of the molecule is CC(=O)c1ccc(F)c(S(=O)(=O)NC(=O)Nc2c3c(c(C#N)c4c2CCC4)CCC3)c1. The maximum Gasteiger partial charge on any atom is 0.333 e. The van der Waals surface area contributed by atoms with Crippen molar-refractivity contribution in [1.82, 2.24) is 4.72 Å². The van der Waals surface area contributed by atoms with Crippen molar-refractivity contribution in [3.05, 3.63) is 57.4 Å². The van der Waals surface area contributed by atoms with E-state index in [9.17, 15) is 27.7 Å². The average Bonchev–Trinajstić information content (AvgIpc) is 3.37. The number of carbonyl (C=O) groups excluding carboxylic acids is 2. The molecule has 0 atom stereocenters. The molecule has 0 fully saturated rings. The van der Waals surface area contributed by atoms with Gasteiger partial charge in [-0.3, -0.25) is 4.79 Å². The third-order valence-electron chi connectivity index (χ3n) is 5.85. The Morgan fingerprint density at radius 3 is 2.16 bits per heavy atom. The highest BCUT2D eigenvalue weighted by molar-refractivity contribution is 7.90. The lowest BCUT2D eigenvalue weighted by Gasteiger charge is -2.18. The number of carbonyl (C=O) groups is 2.